The van der Waals surface area contributed by atoms with Gasteiger partial charge in [0, 0.05) is 0 Å². The molecule has 0 fully saturated rings. The van der Waals surface area contributed by atoms with E-state index in [9.17, 15) is 0 Å². The third-order valence-electron chi connectivity index (χ3n) is 1.76. The fourth-order valence-electron chi connectivity index (χ4n) is 0.822. The lowest BCUT2D eigenvalue weighted by Gasteiger charge is -2.07. The lowest BCUT2D eigenvalue weighted by molar-refractivity contribution is 0.0921. The molecule has 1 rings (SSSR count). The second kappa shape index (κ2) is 4.09. The largest absolute Gasteiger partial charge is 0.465 e. The van der Waals surface area contributed by atoms with Crippen molar-refractivity contribution in [3.63, 3.8) is 0 Å². The maximum absolute atomic E-state index is 5.13. The van der Waals surface area contributed by atoms with Gasteiger partial charge in [-0.1, -0.05) is 0 Å². The van der Waals surface area contributed by atoms with E-state index in [4.69, 9.17) is 10.3 Å². The van der Waals surface area contributed by atoms with Crippen LogP contribution in [-0.2, 0) is 4.84 Å². The Labute approximate surface area is 71.8 Å². The fourth-order valence-corrected chi connectivity index (χ4v) is 0.822. The molecule has 3 nitrogen and oxygen atoms in total. The molecule has 0 saturated carbocycles. The lowest BCUT2D eigenvalue weighted by atomic mass is 10.1. The van der Waals surface area contributed by atoms with Gasteiger partial charge in [0.15, 0.2) is 0 Å². The van der Waals surface area contributed by atoms with Crippen LogP contribution < -0.4 is 5.90 Å². The molecule has 0 saturated heterocycles. The van der Waals surface area contributed by atoms with Gasteiger partial charge in [-0.15, -0.1) is 0 Å². The van der Waals surface area contributed by atoms with E-state index < -0.39 is 0 Å². The third kappa shape index (κ3) is 2.22. The summed E-state index contributed by atoms with van der Waals surface area (Å²) < 4.78 is 5.13. The molecule has 2 N–H and O–H groups in total. The van der Waals surface area contributed by atoms with Crippen molar-refractivity contribution in [2.24, 2.45) is 5.90 Å². The molecule has 0 amide bonds. The van der Waals surface area contributed by atoms with Crippen LogP contribution in [0, 0.1) is 0 Å². The van der Waals surface area contributed by atoms with Crippen molar-refractivity contribution >= 4 is 6.08 Å². The summed E-state index contributed by atoms with van der Waals surface area (Å²) >= 11 is 0. The Morgan fingerprint density at radius 1 is 1.75 bits per heavy atom. The Bertz CT molecular complexity index is 252. The van der Waals surface area contributed by atoms with Gasteiger partial charge in [0.2, 0.25) is 0 Å². The van der Waals surface area contributed by atoms with Crippen molar-refractivity contribution in [1.29, 1.82) is 0 Å². The number of rotatable bonds is 3. The standard InChI is InChI=1S/C9H13NO2/c1-7(8(2)12-10)6-9-4-3-5-11-9/h3-6,8H,10H2,1-2H3/b7-6+. The third-order valence-corrected chi connectivity index (χ3v) is 1.76. The molecule has 1 aromatic rings. The van der Waals surface area contributed by atoms with Crippen LogP contribution in [0.25, 0.3) is 6.08 Å². The summed E-state index contributed by atoms with van der Waals surface area (Å²) in [6.45, 7) is 3.83. The first-order valence-electron chi connectivity index (χ1n) is 3.81. The Morgan fingerprint density at radius 3 is 3.00 bits per heavy atom. The van der Waals surface area contributed by atoms with Crippen LogP contribution in [0.5, 0.6) is 0 Å². The fraction of sp³-hybridized carbons (Fsp3) is 0.333. The van der Waals surface area contributed by atoms with E-state index in [1.807, 2.05) is 32.1 Å². The van der Waals surface area contributed by atoms with Crippen molar-refractivity contribution < 1.29 is 9.25 Å². The first-order valence-corrected chi connectivity index (χ1v) is 3.81. The van der Waals surface area contributed by atoms with Crippen molar-refractivity contribution in [3.05, 3.63) is 29.7 Å². The summed E-state index contributed by atoms with van der Waals surface area (Å²) in [6, 6.07) is 3.72. The first kappa shape index (κ1) is 9.03. The van der Waals surface area contributed by atoms with Crippen LogP contribution in [-0.4, -0.2) is 6.10 Å². The van der Waals surface area contributed by atoms with E-state index in [1.54, 1.807) is 6.26 Å². The van der Waals surface area contributed by atoms with E-state index in [-0.39, 0.29) is 6.10 Å². The molecule has 0 aromatic carbocycles. The average Bonchev–Trinajstić information content (AvgIpc) is 2.55. The number of hydrogen-bond donors (Lipinski definition) is 1. The molecule has 0 spiro atoms. The smallest absolute Gasteiger partial charge is 0.126 e. The zero-order valence-corrected chi connectivity index (χ0v) is 7.28. The maximum atomic E-state index is 5.13. The van der Waals surface area contributed by atoms with Crippen LogP contribution in [0.2, 0.25) is 0 Å². The van der Waals surface area contributed by atoms with Gasteiger partial charge in [-0.3, -0.25) is 4.84 Å². The van der Waals surface area contributed by atoms with Gasteiger partial charge in [0.25, 0.3) is 0 Å². The molecule has 0 radical (unpaired) electrons. The van der Waals surface area contributed by atoms with Gasteiger partial charge >= 0.3 is 0 Å². The Morgan fingerprint density at radius 2 is 2.50 bits per heavy atom. The molecule has 0 aliphatic heterocycles. The lowest BCUT2D eigenvalue weighted by Crippen LogP contribution is -2.13. The molecule has 0 bridgehead atoms. The summed E-state index contributed by atoms with van der Waals surface area (Å²) in [4.78, 5) is 4.65. The highest BCUT2D eigenvalue weighted by Crippen LogP contribution is 2.10. The molecular formula is C9H13NO2. The van der Waals surface area contributed by atoms with E-state index in [1.165, 1.54) is 0 Å². The SMILES string of the molecule is C/C(=C\c1ccco1)C(C)ON. The minimum Gasteiger partial charge on any atom is -0.465 e. The highest BCUT2D eigenvalue weighted by atomic mass is 16.6. The van der Waals surface area contributed by atoms with Gasteiger partial charge in [-0.05, 0) is 37.6 Å². The van der Waals surface area contributed by atoms with Crippen LogP contribution in [0.1, 0.15) is 19.6 Å². The summed E-state index contributed by atoms with van der Waals surface area (Å²) in [6.07, 6.45) is 3.46. The zero-order chi connectivity index (χ0) is 8.97. The Hall–Kier alpha value is -1.06. The van der Waals surface area contributed by atoms with Crippen LogP contribution >= 0.6 is 0 Å². The van der Waals surface area contributed by atoms with Gasteiger partial charge in [0.05, 0.1) is 12.4 Å². The maximum Gasteiger partial charge on any atom is 0.126 e. The van der Waals surface area contributed by atoms with E-state index >= 15 is 0 Å². The van der Waals surface area contributed by atoms with E-state index in [0.717, 1.165) is 11.3 Å². The topological polar surface area (TPSA) is 48.4 Å². The van der Waals surface area contributed by atoms with Crippen molar-refractivity contribution in [3.8, 4) is 0 Å². The highest BCUT2D eigenvalue weighted by molar-refractivity contribution is 5.47. The highest BCUT2D eigenvalue weighted by Gasteiger charge is 2.02. The minimum absolute atomic E-state index is 0.0740. The molecule has 66 valence electrons. The van der Waals surface area contributed by atoms with Crippen LogP contribution in [0.15, 0.2) is 28.4 Å². The van der Waals surface area contributed by atoms with E-state index in [0.29, 0.717) is 0 Å². The van der Waals surface area contributed by atoms with Crippen molar-refractivity contribution in [2.75, 3.05) is 0 Å². The second-order valence-electron chi connectivity index (χ2n) is 2.68. The summed E-state index contributed by atoms with van der Waals surface area (Å²) in [5.74, 6) is 5.85. The minimum atomic E-state index is -0.0740. The molecule has 0 aliphatic carbocycles. The number of nitrogens with two attached hydrogens (primary N) is 1. The van der Waals surface area contributed by atoms with Gasteiger partial charge < -0.3 is 4.42 Å². The summed E-state index contributed by atoms with van der Waals surface area (Å²) in [5, 5.41) is 0. The number of furan rings is 1. The van der Waals surface area contributed by atoms with Crippen molar-refractivity contribution in [1.82, 2.24) is 0 Å². The second-order valence-corrected chi connectivity index (χ2v) is 2.68. The van der Waals surface area contributed by atoms with Crippen LogP contribution in [0.3, 0.4) is 0 Å². The van der Waals surface area contributed by atoms with E-state index in [2.05, 4.69) is 4.84 Å². The number of hydrogen-bond acceptors (Lipinski definition) is 3. The van der Waals surface area contributed by atoms with Crippen LogP contribution in [0.4, 0.5) is 0 Å². The quantitative estimate of drug-likeness (QED) is 0.700. The van der Waals surface area contributed by atoms with Crippen molar-refractivity contribution in [2.45, 2.75) is 20.0 Å². The Balaban J connectivity index is 2.69. The summed E-state index contributed by atoms with van der Waals surface area (Å²) in [5.41, 5.74) is 1.03. The van der Waals surface area contributed by atoms with Gasteiger partial charge in [-0.25, -0.2) is 5.90 Å². The first-order chi connectivity index (χ1) is 5.74. The zero-order valence-electron chi connectivity index (χ0n) is 7.28. The molecule has 0 aliphatic rings. The molecule has 1 heterocycles. The predicted octanol–water partition coefficient (Wildman–Crippen LogP) is 1.96. The predicted molar refractivity (Wildman–Crippen MR) is 47.1 cm³/mol. The summed E-state index contributed by atoms with van der Waals surface area (Å²) in [7, 11) is 0. The molecule has 3 heteroatoms. The molecule has 1 atom stereocenters. The monoisotopic (exact) mass is 167 g/mol. The Kier molecular flexibility index (Phi) is 3.08. The molecule has 1 unspecified atom stereocenters. The van der Waals surface area contributed by atoms with Gasteiger partial charge in [0.1, 0.15) is 5.76 Å². The van der Waals surface area contributed by atoms with Gasteiger partial charge in [-0.2, -0.15) is 0 Å². The normalized spacial score (nSPS) is 14.8. The molecule has 1 aromatic heterocycles. The average molecular weight is 167 g/mol. The molecular weight excluding hydrogens is 154 g/mol. The molecule has 12 heavy (non-hydrogen) atoms.